The number of nitrogens with zero attached hydrogens (tertiary/aromatic N) is 1. The predicted molar refractivity (Wildman–Crippen MR) is 75.2 cm³/mol. The molecule has 0 fully saturated rings. The monoisotopic (exact) mass is 265 g/mol. The number of aldehydes is 1. The Hall–Kier alpha value is -2.88. The van der Waals surface area contributed by atoms with Gasteiger partial charge < -0.3 is 5.11 Å². The largest absolute Gasteiger partial charge is 0.508 e. The van der Waals surface area contributed by atoms with Crippen LogP contribution >= 0.6 is 0 Å². The molecule has 98 valence electrons. The van der Waals surface area contributed by atoms with Gasteiger partial charge in [-0.3, -0.25) is 14.2 Å². The van der Waals surface area contributed by atoms with Gasteiger partial charge in [0.25, 0.3) is 5.91 Å². The van der Waals surface area contributed by atoms with Gasteiger partial charge in [0.2, 0.25) is 0 Å². The van der Waals surface area contributed by atoms with Crippen molar-refractivity contribution in [2.45, 2.75) is 0 Å². The van der Waals surface area contributed by atoms with Crippen molar-refractivity contribution in [2.75, 3.05) is 0 Å². The maximum atomic E-state index is 12.5. The zero-order valence-corrected chi connectivity index (χ0v) is 10.5. The molecule has 1 aromatic heterocycles. The van der Waals surface area contributed by atoms with Gasteiger partial charge in [-0.25, -0.2) is 0 Å². The van der Waals surface area contributed by atoms with Gasteiger partial charge in [-0.05, 0) is 30.3 Å². The lowest BCUT2D eigenvalue weighted by molar-refractivity contribution is 0.0965. The van der Waals surface area contributed by atoms with Gasteiger partial charge in [-0.1, -0.05) is 18.2 Å². The Bertz CT molecular complexity index is 800. The molecule has 1 N–H and O–H groups in total. The van der Waals surface area contributed by atoms with Crippen LogP contribution in [0.3, 0.4) is 0 Å². The van der Waals surface area contributed by atoms with Gasteiger partial charge in [0.15, 0.2) is 6.29 Å². The van der Waals surface area contributed by atoms with Crippen molar-refractivity contribution in [1.82, 2.24) is 4.57 Å². The van der Waals surface area contributed by atoms with Crippen molar-refractivity contribution in [1.29, 1.82) is 0 Å². The molecule has 1 heterocycles. The summed E-state index contributed by atoms with van der Waals surface area (Å²) in [5.74, 6) is -0.137. The van der Waals surface area contributed by atoms with Crippen molar-refractivity contribution < 1.29 is 14.7 Å². The summed E-state index contributed by atoms with van der Waals surface area (Å²) in [5, 5.41) is 10.0. The minimum absolute atomic E-state index is 0.104. The Labute approximate surface area is 114 Å². The Balaban J connectivity index is 2.17. The second kappa shape index (κ2) is 4.66. The van der Waals surface area contributed by atoms with E-state index in [-0.39, 0.29) is 11.7 Å². The zero-order chi connectivity index (χ0) is 14.1. The molecule has 4 nitrogen and oxygen atoms in total. The summed E-state index contributed by atoms with van der Waals surface area (Å²) in [7, 11) is 0. The number of aromatic nitrogens is 1. The maximum Gasteiger partial charge on any atom is 0.262 e. The summed E-state index contributed by atoms with van der Waals surface area (Å²) < 4.78 is 1.45. The first-order valence-electron chi connectivity index (χ1n) is 6.09. The quantitative estimate of drug-likeness (QED) is 0.725. The molecule has 0 spiro atoms. The molecule has 2 aromatic carbocycles. The highest BCUT2D eigenvalue weighted by molar-refractivity contribution is 6.06. The number of phenols is 1. The zero-order valence-electron chi connectivity index (χ0n) is 10.5. The summed E-state index contributed by atoms with van der Waals surface area (Å²) in [6, 6.07) is 13.3. The Morgan fingerprint density at radius 3 is 2.45 bits per heavy atom. The van der Waals surface area contributed by atoms with E-state index in [1.807, 2.05) is 12.1 Å². The Morgan fingerprint density at radius 1 is 1.05 bits per heavy atom. The highest BCUT2D eigenvalue weighted by Crippen LogP contribution is 2.21. The molecule has 0 saturated heterocycles. The number of phenolic OH excluding ortho intramolecular Hbond substituents is 1. The van der Waals surface area contributed by atoms with Crippen LogP contribution in [-0.2, 0) is 0 Å². The lowest BCUT2D eigenvalue weighted by Crippen LogP contribution is -2.10. The smallest absolute Gasteiger partial charge is 0.262 e. The van der Waals surface area contributed by atoms with Crippen LogP contribution in [0.2, 0.25) is 0 Å². The molecule has 0 atom stereocenters. The van der Waals surface area contributed by atoms with E-state index in [2.05, 4.69) is 0 Å². The van der Waals surface area contributed by atoms with E-state index >= 15 is 0 Å². The van der Waals surface area contributed by atoms with Crippen LogP contribution < -0.4 is 0 Å². The number of aromatic hydroxyl groups is 1. The third kappa shape index (κ3) is 1.87. The number of benzene rings is 2. The van der Waals surface area contributed by atoms with Crippen LogP contribution in [0, 0.1) is 0 Å². The maximum absolute atomic E-state index is 12.5. The van der Waals surface area contributed by atoms with E-state index in [1.54, 1.807) is 24.3 Å². The van der Waals surface area contributed by atoms with E-state index in [0.717, 1.165) is 11.7 Å². The Kier molecular flexibility index (Phi) is 2.84. The molecule has 0 saturated carbocycles. The van der Waals surface area contributed by atoms with E-state index in [4.69, 9.17) is 0 Å². The molecular weight excluding hydrogens is 254 g/mol. The average Bonchev–Trinajstić information content (AvgIpc) is 2.86. The summed E-state index contributed by atoms with van der Waals surface area (Å²) in [5.41, 5.74) is 1.61. The first-order chi connectivity index (χ1) is 9.70. The van der Waals surface area contributed by atoms with Crippen LogP contribution in [0.4, 0.5) is 0 Å². The molecule has 3 rings (SSSR count). The van der Waals surface area contributed by atoms with Crippen LogP contribution in [0.1, 0.15) is 20.7 Å². The van der Waals surface area contributed by atoms with Gasteiger partial charge in [-0.15, -0.1) is 0 Å². The average molecular weight is 265 g/mol. The molecule has 0 aliphatic rings. The minimum Gasteiger partial charge on any atom is -0.508 e. The first-order valence-corrected chi connectivity index (χ1v) is 6.09. The number of hydrogen-bond acceptors (Lipinski definition) is 3. The van der Waals surface area contributed by atoms with Crippen molar-refractivity contribution >= 4 is 23.1 Å². The summed E-state index contributed by atoms with van der Waals surface area (Å²) in [4.78, 5) is 23.5. The number of rotatable bonds is 2. The fourth-order valence-corrected chi connectivity index (χ4v) is 2.21. The molecule has 0 amide bonds. The number of carbonyl (C=O) groups excluding carboxylic acids is 2. The summed E-state index contributed by atoms with van der Waals surface area (Å²) >= 11 is 0. The third-order valence-corrected chi connectivity index (χ3v) is 3.20. The van der Waals surface area contributed by atoms with E-state index in [0.29, 0.717) is 16.6 Å². The highest BCUT2D eigenvalue weighted by atomic mass is 16.3. The van der Waals surface area contributed by atoms with Crippen LogP contribution in [0.25, 0.3) is 10.9 Å². The molecule has 4 heteroatoms. The van der Waals surface area contributed by atoms with Crippen molar-refractivity contribution in [3.05, 3.63) is 65.9 Å². The molecule has 0 radical (unpaired) electrons. The van der Waals surface area contributed by atoms with Crippen molar-refractivity contribution in [3.8, 4) is 5.75 Å². The molecule has 3 aromatic rings. The van der Waals surface area contributed by atoms with Crippen LogP contribution in [-0.4, -0.2) is 21.9 Å². The van der Waals surface area contributed by atoms with Gasteiger partial charge in [0.1, 0.15) is 5.75 Å². The summed E-state index contributed by atoms with van der Waals surface area (Å²) in [6.45, 7) is 0. The number of hydrogen-bond donors (Lipinski definition) is 1. The predicted octanol–water partition coefficient (Wildman–Crippen LogP) is 2.85. The fraction of sp³-hybridized carbons (Fsp3) is 0. The molecule has 20 heavy (non-hydrogen) atoms. The van der Waals surface area contributed by atoms with Crippen molar-refractivity contribution in [3.63, 3.8) is 0 Å². The summed E-state index contributed by atoms with van der Waals surface area (Å²) in [6.07, 6.45) is 2.27. The lowest BCUT2D eigenvalue weighted by atomic mass is 10.2. The van der Waals surface area contributed by atoms with Gasteiger partial charge in [-0.2, -0.15) is 0 Å². The highest BCUT2D eigenvalue weighted by Gasteiger charge is 2.14. The van der Waals surface area contributed by atoms with Gasteiger partial charge in [0, 0.05) is 22.7 Å². The van der Waals surface area contributed by atoms with Crippen LogP contribution in [0.5, 0.6) is 5.75 Å². The number of para-hydroxylation sites is 1. The number of carbonyl (C=O) groups is 2. The van der Waals surface area contributed by atoms with Crippen LogP contribution in [0.15, 0.2) is 54.7 Å². The van der Waals surface area contributed by atoms with Crippen molar-refractivity contribution in [2.24, 2.45) is 0 Å². The minimum atomic E-state index is -0.241. The molecule has 0 unspecified atom stereocenters. The van der Waals surface area contributed by atoms with Gasteiger partial charge >= 0.3 is 0 Å². The third-order valence-electron chi connectivity index (χ3n) is 3.20. The van der Waals surface area contributed by atoms with E-state index in [9.17, 15) is 14.7 Å². The van der Waals surface area contributed by atoms with E-state index < -0.39 is 0 Å². The molecule has 0 aliphatic carbocycles. The lowest BCUT2D eigenvalue weighted by Gasteiger charge is -2.04. The second-order valence-electron chi connectivity index (χ2n) is 4.44. The molecular formula is C16H11NO3. The standard InChI is InChI=1S/C16H11NO3/c18-10-12-9-17(15-4-2-1-3-14(12)15)16(20)11-5-7-13(19)8-6-11/h1-10,19H. The second-order valence-corrected chi connectivity index (χ2v) is 4.44. The Morgan fingerprint density at radius 2 is 1.75 bits per heavy atom. The molecule has 0 aliphatic heterocycles. The van der Waals surface area contributed by atoms with E-state index in [1.165, 1.54) is 22.9 Å². The first kappa shape index (κ1) is 12.2. The van der Waals surface area contributed by atoms with Gasteiger partial charge in [0.05, 0.1) is 5.52 Å². The molecule has 0 bridgehead atoms. The topological polar surface area (TPSA) is 59.3 Å². The number of fused-ring (bicyclic) bond motifs is 1. The SMILES string of the molecule is O=Cc1cn(C(=O)c2ccc(O)cc2)c2ccccc12. The normalized spacial score (nSPS) is 10.6. The fourth-order valence-electron chi connectivity index (χ4n) is 2.21.